The number of nitrogens with one attached hydrogen (secondary N) is 1. The van der Waals surface area contributed by atoms with Crippen molar-refractivity contribution >= 4 is 17.5 Å². The number of nitrogens with two attached hydrogens (primary N) is 1. The van der Waals surface area contributed by atoms with Crippen LogP contribution >= 0.6 is 0 Å². The SMILES string of the molecule is CC(Oc1cccc(C(C)C)c1)C(=O)Nc1cccc(CN2CCC(C(N)=O)CC2)c1. The highest BCUT2D eigenvalue weighted by Gasteiger charge is 2.23. The molecule has 6 heteroatoms. The lowest BCUT2D eigenvalue weighted by Gasteiger charge is -2.30. The number of ether oxygens (including phenoxy) is 1. The number of amides is 2. The third-order valence-corrected chi connectivity index (χ3v) is 5.80. The molecule has 1 heterocycles. The molecule has 1 aliphatic heterocycles. The Hall–Kier alpha value is -2.86. The van der Waals surface area contributed by atoms with Crippen molar-refractivity contribution in [2.75, 3.05) is 18.4 Å². The Morgan fingerprint density at radius 2 is 1.81 bits per heavy atom. The Kier molecular flexibility index (Phi) is 7.69. The number of anilines is 1. The second-order valence-electron chi connectivity index (χ2n) is 8.63. The van der Waals surface area contributed by atoms with E-state index in [0.29, 0.717) is 11.7 Å². The second-order valence-corrected chi connectivity index (χ2v) is 8.63. The topological polar surface area (TPSA) is 84.7 Å². The highest BCUT2D eigenvalue weighted by Crippen LogP contribution is 2.22. The van der Waals surface area contributed by atoms with E-state index in [1.165, 1.54) is 5.56 Å². The first-order valence-corrected chi connectivity index (χ1v) is 11.0. The molecule has 3 N–H and O–H groups in total. The number of likely N-dealkylation sites (tertiary alicyclic amines) is 1. The van der Waals surface area contributed by atoms with E-state index in [0.717, 1.165) is 43.7 Å². The predicted octanol–water partition coefficient (Wildman–Crippen LogP) is 3.91. The molecule has 2 aromatic rings. The third kappa shape index (κ3) is 6.56. The first kappa shape index (κ1) is 22.8. The van der Waals surface area contributed by atoms with Crippen LogP contribution in [0.1, 0.15) is 50.7 Å². The number of carbonyl (C=O) groups excluding carboxylic acids is 2. The van der Waals surface area contributed by atoms with E-state index >= 15 is 0 Å². The summed E-state index contributed by atoms with van der Waals surface area (Å²) in [5, 5.41) is 2.96. The van der Waals surface area contributed by atoms with Crippen LogP contribution in [0.2, 0.25) is 0 Å². The average molecular weight is 424 g/mol. The van der Waals surface area contributed by atoms with E-state index in [-0.39, 0.29) is 17.7 Å². The predicted molar refractivity (Wildman–Crippen MR) is 123 cm³/mol. The quantitative estimate of drug-likeness (QED) is 0.674. The summed E-state index contributed by atoms with van der Waals surface area (Å²) >= 11 is 0. The summed E-state index contributed by atoms with van der Waals surface area (Å²) in [6, 6.07) is 15.7. The molecule has 0 radical (unpaired) electrons. The highest BCUT2D eigenvalue weighted by molar-refractivity contribution is 5.94. The molecule has 166 valence electrons. The normalized spacial score (nSPS) is 16.1. The largest absolute Gasteiger partial charge is 0.481 e. The number of nitrogens with zero attached hydrogens (tertiary/aromatic N) is 1. The highest BCUT2D eigenvalue weighted by atomic mass is 16.5. The summed E-state index contributed by atoms with van der Waals surface area (Å²) in [5.74, 6) is 0.703. The van der Waals surface area contributed by atoms with Gasteiger partial charge in [-0.05, 0) is 74.2 Å². The summed E-state index contributed by atoms with van der Waals surface area (Å²) in [4.78, 5) is 26.3. The van der Waals surface area contributed by atoms with Gasteiger partial charge in [-0.1, -0.05) is 38.1 Å². The molecule has 6 nitrogen and oxygen atoms in total. The zero-order valence-electron chi connectivity index (χ0n) is 18.6. The molecule has 2 aromatic carbocycles. The first-order chi connectivity index (χ1) is 14.8. The van der Waals surface area contributed by atoms with Crippen molar-refractivity contribution in [1.82, 2.24) is 4.90 Å². The number of rotatable bonds is 8. The van der Waals surface area contributed by atoms with Gasteiger partial charge in [0, 0.05) is 18.2 Å². The molecule has 0 bridgehead atoms. The lowest BCUT2D eigenvalue weighted by Crippen LogP contribution is -2.38. The smallest absolute Gasteiger partial charge is 0.265 e. The summed E-state index contributed by atoms with van der Waals surface area (Å²) in [5.41, 5.74) is 8.47. The number of primary amides is 1. The number of carbonyl (C=O) groups is 2. The van der Waals surface area contributed by atoms with E-state index < -0.39 is 6.10 Å². The van der Waals surface area contributed by atoms with Crippen LogP contribution in [0.4, 0.5) is 5.69 Å². The fourth-order valence-electron chi connectivity index (χ4n) is 3.83. The van der Waals surface area contributed by atoms with Gasteiger partial charge in [0.1, 0.15) is 5.75 Å². The van der Waals surface area contributed by atoms with Gasteiger partial charge in [-0.2, -0.15) is 0 Å². The number of hydrogen-bond acceptors (Lipinski definition) is 4. The van der Waals surface area contributed by atoms with Crippen LogP contribution in [0.15, 0.2) is 48.5 Å². The average Bonchev–Trinajstić information content (AvgIpc) is 2.74. The summed E-state index contributed by atoms with van der Waals surface area (Å²) in [6.07, 6.45) is 0.996. The van der Waals surface area contributed by atoms with Crippen molar-refractivity contribution in [2.45, 2.75) is 52.2 Å². The van der Waals surface area contributed by atoms with Gasteiger partial charge < -0.3 is 15.8 Å². The molecule has 1 aliphatic rings. The minimum absolute atomic E-state index is 0.00964. The van der Waals surface area contributed by atoms with Crippen LogP contribution in [-0.4, -0.2) is 35.9 Å². The summed E-state index contributed by atoms with van der Waals surface area (Å²) in [7, 11) is 0. The van der Waals surface area contributed by atoms with Gasteiger partial charge in [0.25, 0.3) is 5.91 Å². The van der Waals surface area contributed by atoms with Gasteiger partial charge in [-0.15, -0.1) is 0 Å². The number of benzene rings is 2. The maximum Gasteiger partial charge on any atom is 0.265 e. The second kappa shape index (κ2) is 10.4. The molecule has 1 atom stereocenters. The van der Waals surface area contributed by atoms with E-state index in [1.54, 1.807) is 6.92 Å². The van der Waals surface area contributed by atoms with Gasteiger partial charge in [0.15, 0.2) is 6.10 Å². The molecule has 1 saturated heterocycles. The molecule has 31 heavy (non-hydrogen) atoms. The van der Waals surface area contributed by atoms with Gasteiger partial charge in [-0.25, -0.2) is 0 Å². The van der Waals surface area contributed by atoms with Crippen LogP contribution in [0.25, 0.3) is 0 Å². The van der Waals surface area contributed by atoms with Gasteiger partial charge >= 0.3 is 0 Å². The van der Waals surface area contributed by atoms with Crippen LogP contribution < -0.4 is 15.8 Å². The van der Waals surface area contributed by atoms with Gasteiger partial charge in [0.05, 0.1) is 0 Å². The molecule has 3 rings (SSSR count). The van der Waals surface area contributed by atoms with Crippen LogP contribution in [-0.2, 0) is 16.1 Å². The molecule has 0 saturated carbocycles. The van der Waals surface area contributed by atoms with Crippen molar-refractivity contribution in [3.63, 3.8) is 0 Å². The minimum Gasteiger partial charge on any atom is -0.481 e. The van der Waals surface area contributed by atoms with E-state index in [2.05, 4.69) is 30.1 Å². The Labute approximate surface area is 184 Å². The summed E-state index contributed by atoms with van der Waals surface area (Å²) < 4.78 is 5.86. The van der Waals surface area contributed by atoms with Crippen molar-refractivity contribution in [3.05, 3.63) is 59.7 Å². The lowest BCUT2D eigenvalue weighted by atomic mass is 9.96. The first-order valence-electron chi connectivity index (χ1n) is 11.0. The zero-order valence-corrected chi connectivity index (χ0v) is 18.6. The van der Waals surface area contributed by atoms with E-state index in [9.17, 15) is 9.59 Å². The standard InChI is InChI=1S/C25H33N3O3/c1-17(2)21-7-5-9-23(15-21)31-18(3)25(30)27-22-8-4-6-19(14-22)16-28-12-10-20(11-13-28)24(26)29/h4-9,14-15,17-18,20H,10-13,16H2,1-3H3,(H2,26,29)(H,27,30). The molecular weight excluding hydrogens is 390 g/mol. The Morgan fingerprint density at radius 1 is 1.10 bits per heavy atom. The molecule has 2 amide bonds. The maximum absolute atomic E-state index is 12.6. The monoisotopic (exact) mass is 423 g/mol. The number of hydrogen-bond donors (Lipinski definition) is 2. The minimum atomic E-state index is -0.612. The van der Waals surface area contributed by atoms with Crippen molar-refractivity contribution in [1.29, 1.82) is 0 Å². The van der Waals surface area contributed by atoms with Crippen molar-refractivity contribution in [2.24, 2.45) is 11.7 Å². The van der Waals surface area contributed by atoms with E-state index in [1.807, 2.05) is 42.5 Å². The van der Waals surface area contributed by atoms with Gasteiger partial charge in [-0.3, -0.25) is 14.5 Å². The third-order valence-electron chi connectivity index (χ3n) is 5.80. The Morgan fingerprint density at radius 3 is 2.48 bits per heavy atom. The summed E-state index contributed by atoms with van der Waals surface area (Å²) in [6.45, 7) is 8.49. The maximum atomic E-state index is 12.6. The molecule has 1 fully saturated rings. The van der Waals surface area contributed by atoms with Crippen LogP contribution in [0.3, 0.4) is 0 Å². The molecule has 0 aromatic heterocycles. The Bertz CT molecular complexity index is 904. The molecular formula is C25H33N3O3. The lowest BCUT2D eigenvalue weighted by molar-refractivity contribution is -0.123. The Balaban J connectivity index is 1.54. The van der Waals surface area contributed by atoms with E-state index in [4.69, 9.17) is 10.5 Å². The van der Waals surface area contributed by atoms with Crippen molar-refractivity contribution < 1.29 is 14.3 Å². The molecule has 1 unspecified atom stereocenters. The zero-order chi connectivity index (χ0) is 22.4. The fourth-order valence-corrected chi connectivity index (χ4v) is 3.83. The van der Waals surface area contributed by atoms with Gasteiger partial charge in [0.2, 0.25) is 5.91 Å². The number of piperidine rings is 1. The fraction of sp³-hybridized carbons (Fsp3) is 0.440. The molecule has 0 aliphatic carbocycles. The molecule has 0 spiro atoms. The van der Waals surface area contributed by atoms with Crippen LogP contribution in [0.5, 0.6) is 5.75 Å². The van der Waals surface area contributed by atoms with Crippen molar-refractivity contribution in [3.8, 4) is 5.75 Å². The van der Waals surface area contributed by atoms with Crippen LogP contribution in [0, 0.1) is 5.92 Å².